The Hall–Kier alpha value is 0.0300. The van der Waals surface area contributed by atoms with Gasteiger partial charge in [-0.25, -0.2) is 0 Å². The van der Waals surface area contributed by atoms with Crippen LogP contribution in [0.2, 0.25) is 0 Å². The van der Waals surface area contributed by atoms with E-state index in [1.165, 1.54) is 32.1 Å². The monoisotopic (exact) mass is 134 g/mol. The highest BCUT2D eigenvalue weighted by Crippen LogP contribution is 2.15. The lowest BCUT2D eigenvalue weighted by atomic mass is 10.4. The van der Waals surface area contributed by atoms with Gasteiger partial charge in [0.25, 0.3) is 0 Å². The third kappa shape index (κ3) is 6.03. The molecule has 1 aliphatic carbocycles. The van der Waals surface area contributed by atoms with Crippen LogP contribution in [0.1, 0.15) is 32.1 Å². The van der Waals surface area contributed by atoms with Gasteiger partial charge in [-0.05, 0) is 0 Å². The fourth-order valence-electron chi connectivity index (χ4n) is 0.884. The summed E-state index contributed by atoms with van der Waals surface area (Å²) in [6.45, 7) is 6.00. The molecule has 0 N–H and O–H groups in total. The van der Waals surface area contributed by atoms with Gasteiger partial charge in [0.1, 0.15) is 0 Å². The van der Waals surface area contributed by atoms with Gasteiger partial charge in [-0.15, -0.1) is 25.6 Å². The van der Waals surface area contributed by atoms with Crippen LogP contribution >= 0.6 is 12.4 Å². The predicted molar refractivity (Wildman–Crippen MR) is 41.6 cm³/mol. The minimum atomic E-state index is 0. The van der Waals surface area contributed by atoms with Crippen molar-refractivity contribution in [1.82, 2.24) is 0 Å². The van der Waals surface area contributed by atoms with Crippen molar-refractivity contribution in [2.45, 2.75) is 32.1 Å². The van der Waals surface area contributed by atoms with Gasteiger partial charge in [-0.1, -0.05) is 32.1 Å². The Morgan fingerprint density at radius 3 is 0.875 bits per heavy atom. The lowest BCUT2D eigenvalue weighted by Gasteiger charge is -1.67. The largest absolute Gasteiger partial charge is 0.147 e. The maximum absolute atomic E-state index is 3.00. The number of hydrogen-bond acceptors (Lipinski definition) is 0. The van der Waals surface area contributed by atoms with Gasteiger partial charge in [0.15, 0.2) is 0 Å². The molecule has 0 radical (unpaired) electrons. The summed E-state index contributed by atoms with van der Waals surface area (Å²) in [4.78, 5) is 0. The molecule has 0 spiro atoms. The van der Waals surface area contributed by atoms with E-state index in [2.05, 4.69) is 13.2 Å². The Bertz CT molecular complexity index is 23.8. The lowest BCUT2D eigenvalue weighted by molar-refractivity contribution is 0.886. The molecule has 0 heterocycles. The Labute approximate surface area is 58.4 Å². The summed E-state index contributed by atoms with van der Waals surface area (Å²) in [5.74, 6) is 0. The SMILES string of the molecule is C1CCCC1.C=C.Cl. The van der Waals surface area contributed by atoms with Gasteiger partial charge in [-0.2, -0.15) is 0 Å². The van der Waals surface area contributed by atoms with E-state index in [1.54, 1.807) is 0 Å². The molecule has 0 aromatic carbocycles. The first-order valence-corrected chi connectivity index (χ1v) is 3.00. The van der Waals surface area contributed by atoms with Crippen LogP contribution in [0, 0.1) is 0 Å². The molecule has 1 saturated carbocycles. The second-order valence-corrected chi connectivity index (χ2v) is 1.77. The van der Waals surface area contributed by atoms with E-state index in [1.807, 2.05) is 0 Å². The molecule has 0 aliphatic heterocycles. The third-order valence-corrected chi connectivity index (χ3v) is 1.25. The van der Waals surface area contributed by atoms with Crippen LogP contribution in [0.25, 0.3) is 0 Å². The summed E-state index contributed by atoms with van der Waals surface area (Å²) < 4.78 is 0. The average Bonchev–Trinajstić information content (AvgIpc) is 2.23. The number of halogens is 1. The van der Waals surface area contributed by atoms with Gasteiger partial charge < -0.3 is 0 Å². The summed E-state index contributed by atoms with van der Waals surface area (Å²) in [6.07, 6.45) is 7.50. The van der Waals surface area contributed by atoms with E-state index >= 15 is 0 Å². The smallest absolute Gasteiger partial charge is 0.0533 e. The van der Waals surface area contributed by atoms with Crippen molar-refractivity contribution < 1.29 is 0 Å². The summed E-state index contributed by atoms with van der Waals surface area (Å²) in [7, 11) is 0. The van der Waals surface area contributed by atoms with E-state index in [-0.39, 0.29) is 12.4 Å². The molecule has 8 heavy (non-hydrogen) atoms. The highest BCUT2D eigenvalue weighted by molar-refractivity contribution is 5.85. The Balaban J connectivity index is 0. The first kappa shape index (κ1) is 10.9. The molecule has 1 rings (SSSR count). The van der Waals surface area contributed by atoms with Crippen molar-refractivity contribution in [1.29, 1.82) is 0 Å². The normalized spacial score (nSPS) is 15.5. The van der Waals surface area contributed by atoms with Crippen LogP contribution in [0.4, 0.5) is 0 Å². The van der Waals surface area contributed by atoms with E-state index in [0.717, 1.165) is 0 Å². The Morgan fingerprint density at radius 2 is 0.750 bits per heavy atom. The van der Waals surface area contributed by atoms with Crippen LogP contribution in [-0.2, 0) is 0 Å². The van der Waals surface area contributed by atoms with Gasteiger partial charge in [0, 0.05) is 0 Å². The zero-order valence-corrected chi connectivity index (χ0v) is 6.17. The zero-order valence-electron chi connectivity index (χ0n) is 5.36. The van der Waals surface area contributed by atoms with Gasteiger partial charge in [0.05, 0.1) is 0 Å². The quantitative estimate of drug-likeness (QED) is 0.447. The number of rotatable bonds is 0. The summed E-state index contributed by atoms with van der Waals surface area (Å²) in [5.41, 5.74) is 0. The molecule has 0 atom stereocenters. The van der Waals surface area contributed by atoms with E-state index < -0.39 is 0 Å². The summed E-state index contributed by atoms with van der Waals surface area (Å²) in [5, 5.41) is 0. The van der Waals surface area contributed by atoms with E-state index in [4.69, 9.17) is 0 Å². The highest BCUT2D eigenvalue weighted by atomic mass is 35.5. The molecule has 0 nitrogen and oxygen atoms in total. The van der Waals surface area contributed by atoms with E-state index in [9.17, 15) is 0 Å². The molecule has 0 aromatic heterocycles. The van der Waals surface area contributed by atoms with Crippen molar-refractivity contribution in [3.63, 3.8) is 0 Å². The van der Waals surface area contributed by atoms with Crippen LogP contribution in [0.15, 0.2) is 13.2 Å². The molecule has 0 bridgehead atoms. The van der Waals surface area contributed by atoms with Gasteiger partial charge in [-0.3, -0.25) is 0 Å². The third-order valence-electron chi connectivity index (χ3n) is 1.25. The molecular formula is C7H15Cl. The van der Waals surface area contributed by atoms with Crippen LogP contribution in [0.3, 0.4) is 0 Å². The molecule has 1 heteroatoms. The van der Waals surface area contributed by atoms with E-state index in [0.29, 0.717) is 0 Å². The molecule has 1 fully saturated rings. The second kappa shape index (κ2) is 10.1. The van der Waals surface area contributed by atoms with Crippen LogP contribution < -0.4 is 0 Å². The predicted octanol–water partition coefficient (Wildman–Crippen LogP) is 3.17. The van der Waals surface area contributed by atoms with Crippen molar-refractivity contribution in [3.05, 3.63) is 13.2 Å². The first-order chi connectivity index (χ1) is 3.50. The Kier molecular flexibility index (Phi) is 13.8. The Morgan fingerprint density at radius 1 is 0.625 bits per heavy atom. The summed E-state index contributed by atoms with van der Waals surface area (Å²) >= 11 is 0. The number of hydrogen-bond donors (Lipinski definition) is 0. The maximum atomic E-state index is 3.00. The standard InChI is InChI=1S/C5H10.C2H4.ClH/c1-2-4-5-3-1;1-2;/h1-5H2;1-2H2;1H. The van der Waals surface area contributed by atoms with Crippen molar-refractivity contribution >= 4 is 12.4 Å². The topological polar surface area (TPSA) is 0 Å². The van der Waals surface area contributed by atoms with Crippen molar-refractivity contribution in [3.8, 4) is 0 Å². The average molecular weight is 135 g/mol. The molecule has 0 aromatic rings. The van der Waals surface area contributed by atoms with Gasteiger partial charge in [0.2, 0.25) is 0 Å². The van der Waals surface area contributed by atoms with Crippen LogP contribution in [-0.4, -0.2) is 0 Å². The molecule has 1 aliphatic rings. The van der Waals surface area contributed by atoms with Crippen molar-refractivity contribution in [2.24, 2.45) is 0 Å². The maximum Gasteiger partial charge on any atom is -0.0533 e. The van der Waals surface area contributed by atoms with Gasteiger partial charge >= 0.3 is 0 Å². The molecular weight excluding hydrogens is 120 g/mol. The molecule has 50 valence electrons. The molecule has 0 unspecified atom stereocenters. The molecule has 0 amide bonds. The fourth-order valence-corrected chi connectivity index (χ4v) is 0.884. The first-order valence-electron chi connectivity index (χ1n) is 3.00. The lowest BCUT2D eigenvalue weighted by Crippen LogP contribution is -1.47. The minimum Gasteiger partial charge on any atom is -0.147 e. The highest BCUT2D eigenvalue weighted by Gasteiger charge is 1.95. The zero-order chi connectivity index (χ0) is 5.54. The minimum absolute atomic E-state index is 0. The second-order valence-electron chi connectivity index (χ2n) is 1.77. The fraction of sp³-hybridized carbons (Fsp3) is 0.714. The molecule has 0 saturated heterocycles. The van der Waals surface area contributed by atoms with Crippen LogP contribution in [0.5, 0.6) is 0 Å². The van der Waals surface area contributed by atoms with Crippen molar-refractivity contribution in [2.75, 3.05) is 0 Å². The summed E-state index contributed by atoms with van der Waals surface area (Å²) in [6, 6.07) is 0.